The van der Waals surface area contributed by atoms with E-state index in [4.69, 9.17) is 5.73 Å². The Morgan fingerprint density at radius 2 is 2.17 bits per heavy atom. The molecule has 0 radical (unpaired) electrons. The van der Waals surface area contributed by atoms with Crippen molar-refractivity contribution < 1.29 is 4.79 Å². The van der Waals surface area contributed by atoms with E-state index in [0.29, 0.717) is 12.1 Å². The van der Waals surface area contributed by atoms with Gasteiger partial charge in [-0.2, -0.15) is 0 Å². The molecule has 4 N–H and O–H groups in total. The number of rotatable bonds is 7. The molecule has 1 saturated carbocycles. The first-order valence-electron chi connectivity index (χ1n) is 7.91. The largest absolute Gasteiger partial charge is 0.379 e. The van der Waals surface area contributed by atoms with Crippen molar-refractivity contribution in [2.45, 2.75) is 50.6 Å². The molecule has 1 aromatic heterocycles. The number of amides is 1. The van der Waals surface area contributed by atoms with E-state index in [1.807, 2.05) is 32.0 Å². The Balaban J connectivity index is 1.72. The minimum atomic E-state index is -0.421. The van der Waals surface area contributed by atoms with Crippen LogP contribution in [0.4, 0.5) is 5.69 Å². The quantitative estimate of drug-likeness (QED) is 0.656. The zero-order valence-corrected chi connectivity index (χ0v) is 15.7. The molecule has 5 nitrogen and oxygen atoms in total. The first-order valence-corrected chi connectivity index (χ1v) is 9.54. The molecule has 0 aliphatic heterocycles. The van der Waals surface area contributed by atoms with E-state index in [2.05, 4.69) is 21.9 Å². The van der Waals surface area contributed by atoms with Gasteiger partial charge >= 0.3 is 0 Å². The second-order valence-electron chi connectivity index (χ2n) is 6.43. The van der Waals surface area contributed by atoms with Crippen molar-refractivity contribution in [3.05, 3.63) is 39.3 Å². The van der Waals surface area contributed by atoms with Crippen molar-refractivity contribution >= 4 is 34.9 Å². The first-order chi connectivity index (χ1) is 11.4. The van der Waals surface area contributed by atoms with Gasteiger partial charge in [0, 0.05) is 21.0 Å². The molecule has 0 atom stereocenters. The summed E-state index contributed by atoms with van der Waals surface area (Å²) in [5.41, 5.74) is 8.10. The van der Waals surface area contributed by atoms with Gasteiger partial charge in [-0.15, -0.1) is 11.3 Å². The molecule has 0 spiro atoms. The number of nitrogens with two attached hydrogens (primary N) is 1. The Labute approximate surface area is 150 Å². The lowest BCUT2D eigenvalue weighted by Gasteiger charge is -2.13. The molecule has 1 amide bonds. The Morgan fingerprint density at radius 3 is 2.75 bits per heavy atom. The van der Waals surface area contributed by atoms with Gasteiger partial charge in [-0.25, -0.2) is 4.98 Å². The summed E-state index contributed by atoms with van der Waals surface area (Å²) in [4.78, 5) is 18.4. The predicted octanol–water partition coefficient (Wildman–Crippen LogP) is 3.62. The van der Waals surface area contributed by atoms with Gasteiger partial charge in [-0.3, -0.25) is 9.52 Å². The highest BCUT2D eigenvalue weighted by molar-refractivity contribution is 7.97. The smallest absolute Gasteiger partial charge is 0.250 e. The maximum absolute atomic E-state index is 11.8. The number of aryl methyl sites for hydroxylation is 2. The molecule has 24 heavy (non-hydrogen) atoms. The highest BCUT2D eigenvalue weighted by atomic mass is 32.2. The molecule has 3 rings (SSSR count). The maximum Gasteiger partial charge on any atom is 0.250 e. The molecule has 7 heteroatoms. The van der Waals surface area contributed by atoms with Crippen LogP contribution in [0.1, 0.15) is 45.7 Å². The van der Waals surface area contributed by atoms with Crippen LogP contribution in [0.2, 0.25) is 0 Å². The number of nitrogens with zero attached hydrogens (tertiary/aromatic N) is 1. The number of nitrogens with one attached hydrogen (secondary N) is 2. The summed E-state index contributed by atoms with van der Waals surface area (Å²) < 4.78 is 3.44. The van der Waals surface area contributed by atoms with Gasteiger partial charge < -0.3 is 11.1 Å². The number of carbonyl (C=O) groups excluding carboxylic acids is 1. The van der Waals surface area contributed by atoms with Crippen molar-refractivity contribution in [2.24, 2.45) is 5.73 Å². The maximum atomic E-state index is 11.8. The van der Waals surface area contributed by atoms with E-state index >= 15 is 0 Å². The van der Waals surface area contributed by atoms with Crippen LogP contribution < -0.4 is 15.8 Å². The van der Waals surface area contributed by atoms with Crippen molar-refractivity contribution in [2.75, 3.05) is 5.32 Å². The number of hydrogen-bond donors (Lipinski definition) is 3. The standard InChI is InChI=1S/C17H22N4OS2/c1-10-15(23-11(2)20-10)9-19-14-5-4-12(8-13(14)16(18)22)24-21-17(3)6-7-17/h4-5,8,19,21H,6-7,9H2,1-3H3,(H2,18,22). The molecular weight excluding hydrogens is 340 g/mol. The average Bonchev–Trinajstić information content (AvgIpc) is 3.18. The van der Waals surface area contributed by atoms with Crippen molar-refractivity contribution in [3.63, 3.8) is 0 Å². The van der Waals surface area contributed by atoms with Crippen LogP contribution in [0, 0.1) is 13.8 Å². The molecule has 1 aliphatic carbocycles. The van der Waals surface area contributed by atoms with E-state index in [1.165, 1.54) is 17.7 Å². The lowest BCUT2D eigenvalue weighted by molar-refractivity contribution is 0.100. The van der Waals surface area contributed by atoms with Crippen molar-refractivity contribution in [1.29, 1.82) is 0 Å². The van der Waals surface area contributed by atoms with Gasteiger partial charge in [0.1, 0.15) is 0 Å². The fourth-order valence-corrected chi connectivity index (χ4v) is 4.09. The Kier molecular flexibility index (Phi) is 4.85. The van der Waals surface area contributed by atoms with E-state index in [0.717, 1.165) is 21.3 Å². The second kappa shape index (κ2) is 6.74. The summed E-state index contributed by atoms with van der Waals surface area (Å²) in [5.74, 6) is -0.421. The van der Waals surface area contributed by atoms with Gasteiger partial charge in [0.2, 0.25) is 0 Å². The number of benzene rings is 1. The molecule has 0 saturated heterocycles. The zero-order valence-electron chi connectivity index (χ0n) is 14.1. The molecule has 0 bridgehead atoms. The van der Waals surface area contributed by atoms with Crippen LogP contribution in [-0.2, 0) is 6.54 Å². The third kappa shape index (κ3) is 4.09. The Bertz CT molecular complexity index is 768. The molecule has 1 aliphatic rings. The fourth-order valence-electron chi connectivity index (χ4n) is 2.33. The summed E-state index contributed by atoms with van der Waals surface area (Å²) in [6, 6.07) is 5.77. The molecule has 128 valence electrons. The number of primary amides is 1. The number of aromatic nitrogens is 1. The average molecular weight is 363 g/mol. The summed E-state index contributed by atoms with van der Waals surface area (Å²) in [5, 5.41) is 4.36. The lowest BCUT2D eigenvalue weighted by atomic mass is 10.1. The van der Waals surface area contributed by atoms with Gasteiger partial charge in [-0.1, -0.05) is 0 Å². The molecule has 1 heterocycles. The van der Waals surface area contributed by atoms with Crippen LogP contribution >= 0.6 is 23.3 Å². The topological polar surface area (TPSA) is 80.0 Å². The summed E-state index contributed by atoms with van der Waals surface area (Å²) in [6.45, 7) is 6.83. The van der Waals surface area contributed by atoms with Gasteiger partial charge in [-0.05, 0) is 63.8 Å². The minimum Gasteiger partial charge on any atom is -0.379 e. The third-order valence-corrected chi connectivity index (χ3v) is 6.27. The fraction of sp³-hybridized carbons (Fsp3) is 0.412. The first kappa shape index (κ1) is 17.3. The van der Waals surface area contributed by atoms with E-state index in [-0.39, 0.29) is 5.54 Å². The summed E-state index contributed by atoms with van der Waals surface area (Å²) in [7, 11) is 0. The van der Waals surface area contributed by atoms with Gasteiger partial charge in [0.05, 0.1) is 22.8 Å². The normalized spacial score (nSPS) is 15.3. The molecule has 2 aromatic rings. The number of thiazole rings is 1. The monoisotopic (exact) mass is 362 g/mol. The molecular formula is C17H22N4OS2. The Morgan fingerprint density at radius 1 is 1.42 bits per heavy atom. The summed E-state index contributed by atoms with van der Waals surface area (Å²) >= 11 is 3.22. The Hall–Kier alpha value is -1.57. The predicted molar refractivity (Wildman–Crippen MR) is 101 cm³/mol. The van der Waals surface area contributed by atoms with Crippen molar-refractivity contribution in [3.8, 4) is 0 Å². The second-order valence-corrected chi connectivity index (χ2v) is 8.60. The molecule has 1 aromatic carbocycles. The van der Waals surface area contributed by atoms with Crippen LogP contribution in [0.25, 0.3) is 0 Å². The molecule has 0 unspecified atom stereocenters. The highest BCUT2D eigenvalue weighted by Crippen LogP contribution is 2.38. The van der Waals surface area contributed by atoms with Crippen LogP contribution in [0.5, 0.6) is 0 Å². The van der Waals surface area contributed by atoms with Crippen LogP contribution in [-0.4, -0.2) is 16.4 Å². The third-order valence-electron chi connectivity index (χ3n) is 4.11. The van der Waals surface area contributed by atoms with Crippen LogP contribution in [0.15, 0.2) is 23.1 Å². The minimum absolute atomic E-state index is 0.232. The number of hydrogen-bond acceptors (Lipinski definition) is 6. The van der Waals surface area contributed by atoms with Crippen molar-refractivity contribution in [1.82, 2.24) is 9.71 Å². The number of anilines is 1. The lowest BCUT2D eigenvalue weighted by Crippen LogP contribution is -2.20. The van der Waals surface area contributed by atoms with Crippen LogP contribution in [0.3, 0.4) is 0 Å². The SMILES string of the molecule is Cc1nc(C)c(CNc2ccc(SNC3(C)CC3)cc2C(N)=O)s1. The van der Waals surface area contributed by atoms with Gasteiger partial charge in [0.25, 0.3) is 5.91 Å². The summed E-state index contributed by atoms with van der Waals surface area (Å²) in [6.07, 6.45) is 2.38. The van der Waals surface area contributed by atoms with E-state index in [9.17, 15) is 4.79 Å². The number of carbonyl (C=O) groups is 1. The van der Waals surface area contributed by atoms with E-state index < -0.39 is 5.91 Å². The van der Waals surface area contributed by atoms with E-state index in [1.54, 1.807) is 23.3 Å². The van der Waals surface area contributed by atoms with Gasteiger partial charge in [0.15, 0.2) is 0 Å². The zero-order chi connectivity index (χ0) is 17.3. The highest BCUT2D eigenvalue weighted by Gasteiger charge is 2.37. The molecule has 1 fully saturated rings.